The highest BCUT2D eigenvalue weighted by molar-refractivity contribution is 6.31. The molecule has 0 radical (unpaired) electrons. The number of benzene rings is 1. The molecule has 1 amide bonds. The van der Waals surface area contributed by atoms with E-state index >= 15 is 0 Å². The fourth-order valence-electron chi connectivity index (χ4n) is 1.75. The van der Waals surface area contributed by atoms with E-state index in [-0.39, 0.29) is 11.3 Å². The molecule has 0 heterocycles. The molecule has 0 bridgehead atoms. The normalized spacial score (nSPS) is 11.8. The summed E-state index contributed by atoms with van der Waals surface area (Å²) < 4.78 is 38.4. The van der Waals surface area contributed by atoms with Gasteiger partial charge in [-0.05, 0) is 32.0 Å². The zero-order valence-corrected chi connectivity index (χ0v) is 13.3. The van der Waals surface area contributed by atoms with Gasteiger partial charge in [-0.2, -0.15) is 18.4 Å². The van der Waals surface area contributed by atoms with Gasteiger partial charge in [0.2, 0.25) is 0 Å². The van der Waals surface area contributed by atoms with Gasteiger partial charge in [0.15, 0.2) is 0 Å². The molecule has 0 unspecified atom stereocenters. The highest BCUT2D eigenvalue weighted by Gasteiger charge is 2.33. The minimum atomic E-state index is -4.63. The maximum atomic E-state index is 12.8. The minimum absolute atomic E-state index is 0.0904. The first-order valence-electron chi connectivity index (χ1n) is 6.77. The molecule has 0 saturated heterocycles. The Morgan fingerprint density at radius 1 is 1.39 bits per heavy atom. The van der Waals surface area contributed by atoms with Crippen molar-refractivity contribution in [3.05, 3.63) is 40.6 Å². The van der Waals surface area contributed by atoms with E-state index in [1.54, 1.807) is 11.0 Å². The maximum absolute atomic E-state index is 12.8. The minimum Gasteiger partial charge on any atom is -0.377 e. The number of rotatable bonds is 5. The summed E-state index contributed by atoms with van der Waals surface area (Å²) in [6, 6.07) is 4.75. The summed E-state index contributed by atoms with van der Waals surface area (Å²) in [7, 11) is 0. The van der Waals surface area contributed by atoms with Gasteiger partial charge < -0.3 is 10.2 Å². The van der Waals surface area contributed by atoms with Gasteiger partial charge in [0.1, 0.15) is 11.6 Å². The van der Waals surface area contributed by atoms with Crippen molar-refractivity contribution in [3.8, 4) is 6.07 Å². The topological polar surface area (TPSA) is 56.1 Å². The van der Waals surface area contributed by atoms with E-state index in [0.29, 0.717) is 13.1 Å². The molecule has 0 aromatic heterocycles. The first kappa shape index (κ1) is 18.8. The van der Waals surface area contributed by atoms with E-state index in [1.165, 1.54) is 12.3 Å². The number of nitrogens with one attached hydrogen (secondary N) is 1. The second kappa shape index (κ2) is 7.88. The Morgan fingerprint density at radius 2 is 2.00 bits per heavy atom. The molecule has 8 heteroatoms. The molecule has 1 aromatic rings. The van der Waals surface area contributed by atoms with Crippen LogP contribution < -0.4 is 5.32 Å². The Labute approximate surface area is 137 Å². The van der Waals surface area contributed by atoms with Crippen LogP contribution in [-0.2, 0) is 11.0 Å². The number of carbonyl (C=O) groups is 1. The second-order valence-corrected chi connectivity index (χ2v) is 4.93. The first-order valence-corrected chi connectivity index (χ1v) is 7.14. The van der Waals surface area contributed by atoms with E-state index in [0.717, 1.165) is 12.1 Å². The summed E-state index contributed by atoms with van der Waals surface area (Å²) in [5.74, 6) is -0.783. The molecule has 1 N–H and O–H groups in total. The molecule has 0 aliphatic rings. The van der Waals surface area contributed by atoms with Crippen LogP contribution in [0.3, 0.4) is 0 Å². The monoisotopic (exact) mass is 345 g/mol. The van der Waals surface area contributed by atoms with Crippen LogP contribution in [0.4, 0.5) is 18.9 Å². The Morgan fingerprint density at radius 3 is 2.48 bits per heavy atom. The van der Waals surface area contributed by atoms with E-state index in [2.05, 4.69) is 5.32 Å². The quantitative estimate of drug-likeness (QED) is 0.647. The molecule has 0 atom stereocenters. The molecular formula is C15H15ClF3N3O. The first-order chi connectivity index (χ1) is 10.7. The number of alkyl halides is 3. The molecule has 0 aliphatic heterocycles. The van der Waals surface area contributed by atoms with E-state index < -0.39 is 22.7 Å². The molecule has 0 spiro atoms. The number of carbonyl (C=O) groups excluding carboxylic acids is 1. The molecule has 1 rings (SSSR count). The average molecular weight is 346 g/mol. The molecule has 0 aliphatic carbocycles. The van der Waals surface area contributed by atoms with Crippen molar-refractivity contribution in [2.75, 3.05) is 18.4 Å². The fourth-order valence-corrected chi connectivity index (χ4v) is 1.97. The smallest absolute Gasteiger partial charge is 0.377 e. The van der Waals surface area contributed by atoms with Gasteiger partial charge in [0, 0.05) is 25.0 Å². The molecule has 124 valence electrons. The molecule has 1 aromatic carbocycles. The van der Waals surface area contributed by atoms with E-state index in [1.807, 2.05) is 13.8 Å². The number of anilines is 1. The number of nitrogens with zero attached hydrogens (tertiary/aromatic N) is 2. The largest absolute Gasteiger partial charge is 0.417 e. The molecule has 4 nitrogen and oxygen atoms in total. The third-order valence-corrected chi connectivity index (χ3v) is 3.35. The van der Waals surface area contributed by atoms with Gasteiger partial charge in [-0.15, -0.1) is 0 Å². The number of amides is 1. The van der Waals surface area contributed by atoms with Crippen molar-refractivity contribution in [1.82, 2.24) is 4.90 Å². The van der Waals surface area contributed by atoms with Gasteiger partial charge in [-0.1, -0.05) is 11.6 Å². The zero-order chi connectivity index (χ0) is 17.6. The summed E-state index contributed by atoms with van der Waals surface area (Å²) in [5, 5.41) is 10.8. The lowest BCUT2D eigenvalue weighted by Crippen LogP contribution is -2.21. The van der Waals surface area contributed by atoms with Crippen LogP contribution in [0.5, 0.6) is 0 Å². The number of hydrogen-bond acceptors (Lipinski definition) is 3. The molecular weight excluding hydrogens is 331 g/mol. The molecule has 23 heavy (non-hydrogen) atoms. The summed E-state index contributed by atoms with van der Waals surface area (Å²) in [4.78, 5) is 13.7. The lowest BCUT2D eigenvalue weighted by atomic mass is 10.2. The molecule has 0 saturated carbocycles. The predicted molar refractivity (Wildman–Crippen MR) is 81.7 cm³/mol. The third-order valence-electron chi connectivity index (χ3n) is 3.02. The zero-order valence-electron chi connectivity index (χ0n) is 12.5. The van der Waals surface area contributed by atoms with Crippen LogP contribution in [0.25, 0.3) is 0 Å². The van der Waals surface area contributed by atoms with Crippen LogP contribution in [0.15, 0.2) is 30.0 Å². The lowest BCUT2D eigenvalue weighted by Gasteiger charge is -2.16. The Kier molecular flexibility index (Phi) is 6.46. The van der Waals surface area contributed by atoms with Crippen LogP contribution in [-0.4, -0.2) is 23.9 Å². The maximum Gasteiger partial charge on any atom is 0.417 e. The van der Waals surface area contributed by atoms with Gasteiger partial charge >= 0.3 is 6.18 Å². The molecule has 0 fully saturated rings. The van der Waals surface area contributed by atoms with Crippen LogP contribution in [0.2, 0.25) is 5.02 Å². The number of halogens is 4. The average Bonchev–Trinajstić information content (AvgIpc) is 2.49. The van der Waals surface area contributed by atoms with Crippen molar-refractivity contribution in [2.24, 2.45) is 0 Å². The predicted octanol–water partition coefficient (Wildman–Crippen LogP) is 4.05. The highest BCUT2D eigenvalue weighted by Crippen LogP contribution is 2.36. The van der Waals surface area contributed by atoms with Crippen molar-refractivity contribution in [1.29, 1.82) is 5.26 Å². The van der Waals surface area contributed by atoms with Crippen molar-refractivity contribution in [2.45, 2.75) is 20.0 Å². The Bertz CT molecular complexity index is 646. The van der Waals surface area contributed by atoms with Crippen LogP contribution in [0, 0.1) is 11.3 Å². The van der Waals surface area contributed by atoms with Crippen LogP contribution >= 0.6 is 11.6 Å². The second-order valence-electron chi connectivity index (χ2n) is 4.52. The third kappa shape index (κ3) is 5.18. The van der Waals surface area contributed by atoms with E-state index in [9.17, 15) is 18.0 Å². The van der Waals surface area contributed by atoms with Gasteiger partial charge in [-0.3, -0.25) is 4.79 Å². The van der Waals surface area contributed by atoms with Crippen LogP contribution in [0.1, 0.15) is 19.4 Å². The van der Waals surface area contributed by atoms with Gasteiger partial charge in [-0.25, -0.2) is 0 Å². The standard InChI is InChI=1S/C15H15ClF3N3O/c1-3-22(4-2)9-10(8-20)14(23)21-11-5-6-13(16)12(7-11)15(17,18)19/h5-7,9H,3-4H2,1-2H3,(H,21,23)/b10-9-. The Balaban J connectivity index is 3.03. The van der Waals surface area contributed by atoms with E-state index in [4.69, 9.17) is 16.9 Å². The van der Waals surface area contributed by atoms with Crippen molar-refractivity contribution in [3.63, 3.8) is 0 Å². The van der Waals surface area contributed by atoms with Gasteiger partial charge in [0.25, 0.3) is 5.91 Å². The lowest BCUT2D eigenvalue weighted by molar-refractivity contribution is -0.137. The Hall–Kier alpha value is -2.20. The number of hydrogen-bond donors (Lipinski definition) is 1. The van der Waals surface area contributed by atoms with Crippen molar-refractivity contribution >= 4 is 23.2 Å². The SMILES string of the molecule is CCN(/C=C(/C#N)C(=O)Nc1ccc(Cl)c(C(F)(F)F)c1)CC. The number of nitriles is 1. The van der Waals surface area contributed by atoms with Crippen molar-refractivity contribution < 1.29 is 18.0 Å². The fraction of sp³-hybridized carbons (Fsp3) is 0.333. The highest BCUT2D eigenvalue weighted by atomic mass is 35.5. The summed E-state index contributed by atoms with van der Waals surface area (Å²) >= 11 is 5.51. The summed E-state index contributed by atoms with van der Waals surface area (Å²) in [5.41, 5.74) is -1.34. The summed E-state index contributed by atoms with van der Waals surface area (Å²) in [6.45, 7) is 4.88. The summed E-state index contributed by atoms with van der Waals surface area (Å²) in [6.07, 6.45) is -3.26. The van der Waals surface area contributed by atoms with Gasteiger partial charge in [0.05, 0.1) is 10.6 Å².